The number of hydrogen-bond acceptors (Lipinski definition) is 4. The van der Waals surface area contributed by atoms with E-state index in [4.69, 9.17) is 4.74 Å². The summed E-state index contributed by atoms with van der Waals surface area (Å²) in [4.78, 5) is 0. The average molecular weight is 251 g/mol. The Bertz CT molecular complexity index is 216. The third-order valence-electron chi connectivity index (χ3n) is 2.09. The summed E-state index contributed by atoms with van der Waals surface area (Å²) in [6.45, 7) is 9.22. The van der Waals surface area contributed by atoms with Crippen LogP contribution in [-0.4, -0.2) is 52.2 Å². The van der Waals surface area contributed by atoms with Crippen LogP contribution in [-0.2, 0) is 15.5 Å². The van der Waals surface area contributed by atoms with E-state index in [1.807, 2.05) is 27.7 Å². The van der Waals surface area contributed by atoms with Crippen molar-refractivity contribution in [2.75, 3.05) is 26.0 Å². The summed E-state index contributed by atoms with van der Waals surface area (Å²) in [5, 5.41) is 12.8. The highest BCUT2D eigenvalue weighted by Gasteiger charge is 2.13. The molecule has 0 aromatic carbocycles. The average Bonchev–Trinajstić information content (AvgIpc) is 2.13. The maximum absolute atomic E-state index is 11.1. The van der Waals surface area contributed by atoms with Crippen molar-refractivity contribution in [2.45, 2.75) is 44.6 Å². The summed E-state index contributed by atoms with van der Waals surface area (Å²) in [6, 6.07) is 0. The molecule has 0 aromatic heterocycles. The maximum Gasteiger partial charge on any atom is 0.0897 e. The Kier molecular flexibility index (Phi) is 7.39. The van der Waals surface area contributed by atoms with E-state index in [-0.39, 0.29) is 10.9 Å². The van der Waals surface area contributed by atoms with E-state index in [1.54, 1.807) is 6.26 Å². The van der Waals surface area contributed by atoms with E-state index in [1.165, 1.54) is 0 Å². The van der Waals surface area contributed by atoms with Crippen molar-refractivity contribution >= 4 is 10.8 Å². The van der Waals surface area contributed by atoms with Crippen LogP contribution in [0.2, 0.25) is 0 Å². The predicted octanol–water partition coefficient (Wildman–Crippen LogP) is 0.519. The molecule has 0 rings (SSSR count). The molecular weight excluding hydrogens is 226 g/mol. The molecule has 0 heterocycles. The Hall–Kier alpha value is 0.0300. The zero-order valence-corrected chi connectivity index (χ0v) is 11.8. The first-order valence-corrected chi connectivity index (χ1v) is 7.19. The number of rotatable bonds is 7. The van der Waals surface area contributed by atoms with Crippen LogP contribution in [0.25, 0.3) is 0 Å². The molecule has 0 spiro atoms. The zero-order chi connectivity index (χ0) is 12.8. The summed E-state index contributed by atoms with van der Waals surface area (Å²) in [6.07, 6.45) is 1.17. The third kappa shape index (κ3) is 9.27. The van der Waals surface area contributed by atoms with Crippen molar-refractivity contribution in [1.82, 2.24) is 5.32 Å². The molecule has 0 aromatic rings. The van der Waals surface area contributed by atoms with Crippen LogP contribution in [0.15, 0.2) is 0 Å². The van der Waals surface area contributed by atoms with Gasteiger partial charge in [0.2, 0.25) is 0 Å². The van der Waals surface area contributed by atoms with Crippen LogP contribution in [0.5, 0.6) is 0 Å². The molecule has 3 unspecified atom stereocenters. The largest absolute Gasteiger partial charge is 0.389 e. The highest BCUT2D eigenvalue weighted by molar-refractivity contribution is 7.84. The van der Waals surface area contributed by atoms with Crippen LogP contribution in [0.4, 0.5) is 0 Å². The van der Waals surface area contributed by atoms with E-state index in [9.17, 15) is 9.32 Å². The molecule has 0 aliphatic heterocycles. The van der Waals surface area contributed by atoms with E-state index < -0.39 is 16.9 Å². The minimum Gasteiger partial charge on any atom is -0.389 e. The van der Waals surface area contributed by atoms with Gasteiger partial charge in [0.25, 0.3) is 0 Å². The molecular formula is C11H25NO3S. The van der Waals surface area contributed by atoms with Gasteiger partial charge in [0.1, 0.15) is 0 Å². The first-order chi connectivity index (χ1) is 7.22. The van der Waals surface area contributed by atoms with Gasteiger partial charge in [-0.1, -0.05) is 0 Å². The molecule has 2 N–H and O–H groups in total. The molecule has 0 saturated carbocycles. The van der Waals surface area contributed by atoms with Gasteiger partial charge in [-0.2, -0.15) is 0 Å². The van der Waals surface area contributed by atoms with Crippen molar-refractivity contribution in [3.63, 3.8) is 0 Å². The molecule has 0 aliphatic carbocycles. The van der Waals surface area contributed by atoms with Gasteiger partial charge >= 0.3 is 0 Å². The minimum absolute atomic E-state index is 0.107. The summed E-state index contributed by atoms with van der Waals surface area (Å²) in [5.41, 5.74) is -0.223. The van der Waals surface area contributed by atoms with Crippen molar-refractivity contribution in [3.8, 4) is 0 Å². The lowest BCUT2D eigenvalue weighted by atomic mass is 10.2. The molecule has 0 saturated heterocycles. The molecule has 5 heteroatoms. The molecule has 0 fully saturated rings. The standard InChI is InChI=1S/C11H25NO3S/c1-9(16(5)14)6-12-7-10(13)8-15-11(2,3)4/h9-10,12-13H,6-8H2,1-5H3. The number of aliphatic hydroxyl groups excluding tert-OH is 1. The maximum atomic E-state index is 11.1. The smallest absolute Gasteiger partial charge is 0.0897 e. The van der Waals surface area contributed by atoms with Gasteiger partial charge in [-0.15, -0.1) is 0 Å². The van der Waals surface area contributed by atoms with Crippen molar-refractivity contribution in [3.05, 3.63) is 0 Å². The lowest BCUT2D eigenvalue weighted by Crippen LogP contribution is -2.37. The fourth-order valence-corrected chi connectivity index (χ4v) is 1.33. The number of aliphatic hydroxyl groups is 1. The SMILES string of the molecule is CC(CNCC(O)COC(C)(C)C)S(C)=O. The van der Waals surface area contributed by atoms with Crippen molar-refractivity contribution in [2.24, 2.45) is 0 Å². The monoisotopic (exact) mass is 251 g/mol. The highest BCUT2D eigenvalue weighted by Crippen LogP contribution is 2.06. The van der Waals surface area contributed by atoms with E-state index in [0.717, 1.165) is 0 Å². The predicted molar refractivity (Wildman–Crippen MR) is 68.1 cm³/mol. The van der Waals surface area contributed by atoms with Gasteiger partial charge in [-0.25, -0.2) is 0 Å². The van der Waals surface area contributed by atoms with Gasteiger partial charge < -0.3 is 15.2 Å². The lowest BCUT2D eigenvalue weighted by molar-refractivity contribution is -0.0477. The van der Waals surface area contributed by atoms with E-state index >= 15 is 0 Å². The normalized spacial score (nSPS) is 18.1. The molecule has 98 valence electrons. The van der Waals surface area contributed by atoms with Gasteiger partial charge in [0.05, 0.1) is 18.3 Å². The molecule has 0 bridgehead atoms. The number of hydrogen-bond donors (Lipinski definition) is 2. The number of ether oxygens (including phenoxy) is 1. The molecule has 0 aliphatic rings. The minimum atomic E-state index is -0.818. The quantitative estimate of drug-likeness (QED) is 0.692. The van der Waals surface area contributed by atoms with Gasteiger partial charge in [0, 0.05) is 35.4 Å². The second-order valence-corrected chi connectivity index (χ2v) is 6.85. The van der Waals surface area contributed by atoms with Crippen LogP contribution < -0.4 is 5.32 Å². The Morgan fingerprint density at radius 1 is 1.38 bits per heavy atom. The first-order valence-electron chi connectivity index (χ1n) is 5.57. The molecule has 0 amide bonds. The molecule has 16 heavy (non-hydrogen) atoms. The Labute approximate surface area is 101 Å². The Morgan fingerprint density at radius 3 is 2.38 bits per heavy atom. The Balaban J connectivity index is 3.58. The van der Waals surface area contributed by atoms with E-state index in [0.29, 0.717) is 19.7 Å². The molecule has 3 atom stereocenters. The summed E-state index contributed by atoms with van der Waals surface area (Å²) in [5.74, 6) is 0. The van der Waals surface area contributed by atoms with E-state index in [2.05, 4.69) is 5.32 Å². The van der Waals surface area contributed by atoms with Gasteiger partial charge in [0.15, 0.2) is 0 Å². The van der Waals surface area contributed by atoms with Crippen molar-refractivity contribution in [1.29, 1.82) is 0 Å². The van der Waals surface area contributed by atoms with Gasteiger partial charge in [-0.05, 0) is 27.7 Å². The zero-order valence-electron chi connectivity index (χ0n) is 10.9. The topological polar surface area (TPSA) is 58.6 Å². The second-order valence-electron chi connectivity index (χ2n) is 5.04. The first kappa shape index (κ1) is 16.0. The van der Waals surface area contributed by atoms with Crippen molar-refractivity contribution < 1.29 is 14.1 Å². The number of nitrogens with one attached hydrogen (secondary N) is 1. The Morgan fingerprint density at radius 2 is 1.94 bits per heavy atom. The molecule has 0 radical (unpaired) electrons. The summed E-state index contributed by atoms with van der Waals surface area (Å²) >= 11 is 0. The third-order valence-corrected chi connectivity index (χ3v) is 3.39. The van der Waals surface area contributed by atoms with Crippen LogP contribution >= 0.6 is 0 Å². The second kappa shape index (κ2) is 7.37. The lowest BCUT2D eigenvalue weighted by Gasteiger charge is -2.22. The van der Waals surface area contributed by atoms with Gasteiger partial charge in [-0.3, -0.25) is 4.21 Å². The van der Waals surface area contributed by atoms with Crippen LogP contribution in [0.3, 0.4) is 0 Å². The van der Waals surface area contributed by atoms with Crippen LogP contribution in [0, 0.1) is 0 Å². The molecule has 4 nitrogen and oxygen atoms in total. The summed E-state index contributed by atoms with van der Waals surface area (Å²) < 4.78 is 16.5. The summed E-state index contributed by atoms with van der Waals surface area (Å²) in [7, 11) is -0.818. The van der Waals surface area contributed by atoms with Crippen LogP contribution in [0.1, 0.15) is 27.7 Å². The highest BCUT2D eigenvalue weighted by atomic mass is 32.2. The fraction of sp³-hybridized carbons (Fsp3) is 1.00. The fourth-order valence-electron chi connectivity index (χ4n) is 0.976.